The lowest BCUT2D eigenvalue weighted by Crippen LogP contribution is -2.62. The van der Waals surface area contributed by atoms with Crippen LogP contribution in [0.5, 0.6) is 0 Å². The van der Waals surface area contributed by atoms with E-state index in [1.54, 1.807) is 0 Å². The molecule has 86 valence electrons. The summed E-state index contributed by atoms with van der Waals surface area (Å²) in [4.78, 5) is 13.1. The SMILES string of the molecule is CN(C)C12CCC(NC(=O)O)(CC1)CC2. The van der Waals surface area contributed by atoms with Gasteiger partial charge < -0.3 is 15.3 Å². The van der Waals surface area contributed by atoms with Gasteiger partial charge in [-0.05, 0) is 52.6 Å². The van der Waals surface area contributed by atoms with Gasteiger partial charge in [-0.1, -0.05) is 0 Å². The Morgan fingerprint density at radius 1 is 1.13 bits per heavy atom. The fourth-order valence-electron chi connectivity index (χ4n) is 3.25. The highest BCUT2D eigenvalue weighted by atomic mass is 16.4. The van der Waals surface area contributed by atoms with Gasteiger partial charge in [0.25, 0.3) is 0 Å². The molecule has 4 nitrogen and oxygen atoms in total. The summed E-state index contributed by atoms with van der Waals surface area (Å²) in [6, 6.07) is 0. The fourth-order valence-corrected chi connectivity index (χ4v) is 3.25. The van der Waals surface area contributed by atoms with E-state index >= 15 is 0 Å². The second-order valence-corrected chi connectivity index (χ2v) is 5.33. The number of nitrogens with zero attached hydrogens (tertiary/aromatic N) is 1. The highest BCUT2D eigenvalue weighted by Crippen LogP contribution is 2.48. The molecule has 0 saturated heterocycles. The van der Waals surface area contributed by atoms with Gasteiger partial charge in [-0.15, -0.1) is 0 Å². The van der Waals surface area contributed by atoms with Gasteiger partial charge in [-0.3, -0.25) is 0 Å². The molecule has 0 spiro atoms. The van der Waals surface area contributed by atoms with Crippen molar-refractivity contribution in [3.8, 4) is 0 Å². The number of amides is 1. The van der Waals surface area contributed by atoms with E-state index < -0.39 is 6.09 Å². The minimum Gasteiger partial charge on any atom is -0.465 e. The number of carbonyl (C=O) groups is 1. The van der Waals surface area contributed by atoms with Gasteiger partial charge in [-0.2, -0.15) is 0 Å². The van der Waals surface area contributed by atoms with E-state index in [1.807, 2.05) is 0 Å². The standard InChI is InChI=1S/C11H20N2O2/c1-13(2)11-6-3-10(4-7-11,5-8-11)12-9(14)15/h12H,3-8H2,1-2H3,(H,14,15). The molecular weight excluding hydrogens is 192 g/mol. The molecular formula is C11H20N2O2. The highest BCUT2D eigenvalue weighted by Gasteiger charge is 2.50. The Labute approximate surface area is 90.6 Å². The summed E-state index contributed by atoms with van der Waals surface area (Å²) in [5.74, 6) is 0. The van der Waals surface area contributed by atoms with Gasteiger partial charge in [0.15, 0.2) is 0 Å². The molecule has 3 aliphatic rings. The van der Waals surface area contributed by atoms with Crippen molar-refractivity contribution in [2.45, 2.75) is 49.6 Å². The van der Waals surface area contributed by atoms with Crippen LogP contribution in [0.1, 0.15) is 38.5 Å². The van der Waals surface area contributed by atoms with Crippen molar-refractivity contribution in [2.75, 3.05) is 14.1 Å². The second kappa shape index (κ2) is 3.37. The Balaban J connectivity index is 2.07. The maximum Gasteiger partial charge on any atom is 0.405 e. The third-order valence-electron chi connectivity index (χ3n) is 4.53. The zero-order valence-corrected chi connectivity index (χ0v) is 9.55. The number of hydrogen-bond acceptors (Lipinski definition) is 2. The monoisotopic (exact) mass is 212 g/mol. The smallest absolute Gasteiger partial charge is 0.405 e. The molecule has 0 unspecified atom stereocenters. The molecule has 3 fully saturated rings. The average molecular weight is 212 g/mol. The van der Waals surface area contributed by atoms with Crippen LogP contribution in [-0.2, 0) is 0 Å². The summed E-state index contributed by atoms with van der Waals surface area (Å²) in [6.07, 6.45) is 5.50. The van der Waals surface area contributed by atoms with Crippen LogP contribution in [0.15, 0.2) is 0 Å². The third-order valence-corrected chi connectivity index (χ3v) is 4.53. The Kier molecular flexibility index (Phi) is 2.41. The van der Waals surface area contributed by atoms with Crippen LogP contribution < -0.4 is 5.32 Å². The van der Waals surface area contributed by atoms with E-state index in [-0.39, 0.29) is 5.54 Å². The van der Waals surface area contributed by atoms with Crippen LogP contribution in [0.25, 0.3) is 0 Å². The second-order valence-electron chi connectivity index (χ2n) is 5.33. The maximum atomic E-state index is 10.7. The van der Waals surface area contributed by atoms with Gasteiger partial charge in [0.1, 0.15) is 0 Å². The Morgan fingerprint density at radius 3 is 1.93 bits per heavy atom. The summed E-state index contributed by atoms with van der Waals surface area (Å²) >= 11 is 0. The average Bonchev–Trinajstić information content (AvgIpc) is 2.18. The minimum atomic E-state index is -0.866. The van der Waals surface area contributed by atoms with Crippen LogP contribution in [0.2, 0.25) is 0 Å². The molecule has 0 aromatic heterocycles. The largest absolute Gasteiger partial charge is 0.465 e. The van der Waals surface area contributed by atoms with Gasteiger partial charge in [-0.25, -0.2) is 4.79 Å². The summed E-state index contributed by atoms with van der Waals surface area (Å²) in [5, 5.41) is 11.6. The molecule has 0 aromatic rings. The first-order valence-electron chi connectivity index (χ1n) is 5.67. The summed E-state index contributed by atoms with van der Waals surface area (Å²) < 4.78 is 0. The van der Waals surface area contributed by atoms with Crippen molar-refractivity contribution >= 4 is 6.09 Å². The first-order valence-corrected chi connectivity index (χ1v) is 5.67. The molecule has 1 amide bonds. The molecule has 0 atom stereocenters. The summed E-state index contributed by atoms with van der Waals surface area (Å²) in [7, 11) is 4.28. The normalized spacial score (nSPS) is 39.4. The van der Waals surface area contributed by atoms with Crippen molar-refractivity contribution in [3.63, 3.8) is 0 Å². The number of nitrogens with one attached hydrogen (secondary N) is 1. The van der Waals surface area contributed by atoms with Gasteiger partial charge >= 0.3 is 6.09 Å². The first-order chi connectivity index (χ1) is 6.98. The van der Waals surface area contributed by atoms with Crippen molar-refractivity contribution < 1.29 is 9.90 Å². The topological polar surface area (TPSA) is 52.6 Å². The number of rotatable bonds is 2. The molecule has 0 radical (unpaired) electrons. The molecule has 15 heavy (non-hydrogen) atoms. The minimum absolute atomic E-state index is 0.108. The molecule has 2 N–H and O–H groups in total. The van der Waals surface area contributed by atoms with Crippen LogP contribution in [-0.4, -0.2) is 41.3 Å². The van der Waals surface area contributed by atoms with Crippen LogP contribution in [0, 0.1) is 0 Å². The Bertz CT molecular complexity index is 251. The van der Waals surface area contributed by atoms with Crippen LogP contribution in [0.4, 0.5) is 4.79 Å². The number of fused-ring (bicyclic) bond motifs is 3. The summed E-state index contributed by atoms with van der Waals surface area (Å²) in [5.41, 5.74) is 0.242. The van der Waals surface area contributed by atoms with Gasteiger partial charge in [0.2, 0.25) is 0 Å². The highest BCUT2D eigenvalue weighted by molar-refractivity contribution is 5.65. The fraction of sp³-hybridized carbons (Fsp3) is 0.909. The van der Waals surface area contributed by atoms with E-state index in [2.05, 4.69) is 24.3 Å². The molecule has 3 aliphatic carbocycles. The quantitative estimate of drug-likeness (QED) is 0.732. The lowest BCUT2D eigenvalue weighted by atomic mass is 9.61. The van der Waals surface area contributed by atoms with E-state index in [4.69, 9.17) is 5.11 Å². The van der Waals surface area contributed by atoms with Crippen molar-refractivity contribution in [3.05, 3.63) is 0 Å². The van der Waals surface area contributed by atoms with Crippen molar-refractivity contribution in [2.24, 2.45) is 0 Å². The Morgan fingerprint density at radius 2 is 1.60 bits per heavy atom. The van der Waals surface area contributed by atoms with E-state index in [1.165, 1.54) is 0 Å². The zero-order chi connectivity index (χ0) is 11.1. The van der Waals surface area contributed by atoms with Crippen LogP contribution in [0.3, 0.4) is 0 Å². The van der Waals surface area contributed by atoms with Crippen molar-refractivity contribution in [1.82, 2.24) is 10.2 Å². The molecule has 3 rings (SSSR count). The molecule has 0 aliphatic heterocycles. The number of hydrogen-bond donors (Lipinski definition) is 2. The summed E-state index contributed by atoms with van der Waals surface area (Å²) in [6.45, 7) is 0. The molecule has 0 heterocycles. The molecule has 2 bridgehead atoms. The molecule has 4 heteroatoms. The van der Waals surface area contributed by atoms with Gasteiger partial charge in [0, 0.05) is 11.1 Å². The predicted molar refractivity (Wildman–Crippen MR) is 58.0 cm³/mol. The Hall–Kier alpha value is -0.770. The number of carboxylic acid groups (broad SMARTS) is 1. The van der Waals surface area contributed by atoms with Gasteiger partial charge in [0.05, 0.1) is 0 Å². The van der Waals surface area contributed by atoms with Crippen LogP contribution >= 0.6 is 0 Å². The van der Waals surface area contributed by atoms with E-state index in [0.717, 1.165) is 38.5 Å². The van der Waals surface area contributed by atoms with Crippen molar-refractivity contribution in [1.29, 1.82) is 0 Å². The molecule has 0 aromatic carbocycles. The predicted octanol–water partition coefficient (Wildman–Crippen LogP) is 1.66. The first kappa shape index (κ1) is 10.7. The van der Waals surface area contributed by atoms with E-state index in [0.29, 0.717) is 5.54 Å². The lowest BCUT2D eigenvalue weighted by Gasteiger charge is -2.56. The zero-order valence-electron chi connectivity index (χ0n) is 9.55. The molecule has 3 saturated carbocycles. The third kappa shape index (κ3) is 1.71. The van der Waals surface area contributed by atoms with E-state index in [9.17, 15) is 4.79 Å². The lowest BCUT2D eigenvalue weighted by molar-refractivity contribution is -0.00494. The maximum absolute atomic E-state index is 10.7.